The zero-order valence-electron chi connectivity index (χ0n) is 19.8. The van der Waals surface area contributed by atoms with E-state index in [0.717, 1.165) is 27.8 Å². The summed E-state index contributed by atoms with van der Waals surface area (Å²) < 4.78 is 0. The van der Waals surface area contributed by atoms with Crippen LogP contribution < -0.4 is 0 Å². The van der Waals surface area contributed by atoms with Gasteiger partial charge in [0.25, 0.3) is 0 Å². The third-order valence-corrected chi connectivity index (χ3v) is 3.87. The minimum absolute atomic E-state index is 0.635. The lowest BCUT2D eigenvalue weighted by Gasteiger charge is -1.94. The highest BCUT2D eigenvalue weighted by molar-refractivity contribution is 5.54. The lowest BCUT2D eigenvalue weighted by molar-refractivity contribution is 1.45. The molecule has 0 amide bonds. The first-order chi connectivity index (χ1) is 15.8. The van der Waals surface area contributed by atoms with Crippen LogP contribution in [0.3, 0.4) is 0 Å². The minimum atomic E-state index is 0.635. The van der Waals surface area contributed by atoms with Crippen LogP contribution in [0, 0.1) is 42.4 Å². The molecule has 0 heteroatoms. The van der Waals surface area contributed by atoms with Gasteiger partial charge in [0, 0.05) is 27.9 Å². The number of aryl methyl sites for hydroxylation is 1. The van der Waals surface area contributed by atoms with Crippen molar-refractivity contribution in [2.24, 2.45) is 0 Å². The molecule has 0 aromatic heterocycles. The van der Waals surface area contributed by atoms with E-state index in [-0.39, 0.29) is 0 Å². The van der Waals surface area contributed by atoms with Crippen molar-refractivity contribution in [2.45, 2.75) is 20.8 Å². The monoisotopic (exact) mass is 426 g/mol. The van der Waals surface area contributed by atoms with Crippen molar-refractivity contribution in [3.63, 3.8) is 0 Å². The summed E-state index contributed by atoms with van der Waals surface area (Å²) in [6.07, 6.45) is 16.7. The van der Waals surface area contributed by atoms with E-state index < -0.39 is 0 Å². The Kier molecular flexibility index (Phi) is 12.4. The van der Waals surface area contributed by atoms with Crippen LogP contribution in [0.15, 0.2) is 133 Å². The molecular formula is C33H30. The van der Waals surface area contributed by atoms with Gasteiger partial charge in [0.05, 0.1) is 0 Å². The smallest absolute Gasteiger partial charge is 0.0267 e. The molecule has 0 heterocycles. The topological polar surface area (TPSA) is 0 Å². The maximum atomic E-state index is 4.04. The van der Waals surface area contributed by atoms with E-state index in [4.69, 9.17) is 0 Å². The van der Waals surface area contributed by atoms with Crippen LogP contribution in [0.2, 0.25) is 0 Å². The fraction of sp³-hybridized carbons (Fsp3) is 0.0909. The van der Waals surface area contributed by atoms with Gasteiger partial charge in [-0.3, -0.25) is 0 Å². The van der Waals surface area contributed by atoms with E-state index in [0.29, 0.717) is 11.1 Å². The van der Waals surface area contributed by atoms with Crippen LogP contribution in [0.5, 0.6) is 0 Å². The molecule has 0 fully saturated rings. The Bertz CT molecular complexity index is 1240. The molecule has 1 rings (SSSR count). The molecule has 0 aliphatic rings. The van der Waals surface area contributed by atoms with Crippen LogP contribution in [-0.4, -0.2) is 0 Å². The minimum Gasteiger partial charge on any atom is -0.0978 e. The van der Waals surface area contributed by atoms with Gasteiger partial charge in [-0.2, -0.15) is 0 Å². The average Bonchev–Trinajstić information content (AvgIpc) is 2.77. The molecule has 0 aliphatic heterocycles. The van der Waals surface area contributed by atoms with Crippen molar-refractivity contribution < 1.29 is 0 Å². The molecule has 0 saturated heterocycles. The summed E-state index contributed by atoms with van der Waals surface area (Å²) in [4.78, 5) is 0. The molecule has 0 atom stereocenters. The Morgan fingerprint density at radius 3 is 2.30 bits per heavy atom. The highest BCUT2D eigenvalue weighted by Gasteiger charge is 1.91. The summed E-state index contributed by atoms with van der Waals surface area (Å²) in [7, 11) is 0. The highest BCUT2D eigenvalue weighted by Crippen LogP contribution is 2.06. The van der Waals surface area contributed by atoms with Crippen molar-refractivity contribution >= 4 is 0 Å². The summed E-state index contributed by atoms with van der Waals surface area (Å²) in [5, 5.41) is 0. The van der Waals surface area contributed by atoms with Crippen LogP contribution >= 0.6 is 0 Å². The molecule has 0 nitrogen and oxygen atoms in total. The van der Waals surface area contributed by atoms with Gasteiger partial charge in [0.1, 0.15) is 0 Å². The number of rotatable bonds is 6. The summed E-state index contributed by atoms with van der Waals surface area (Å²) in [5.74, 6) is 18.5. The Morgan fingerprint density at radius 2 is 1.64 bits per heavy atom. The standard InChI is InChI=1S/C33H30/c1-8-10-11-15-28(5)20-21-30(7)26-32(22-23-33-19-14-16-29(6)25-33)18-13-12-17-31(9-2)24-27(3)4/h8-11,13-16,18-19,24-26H,2-3,5,7H2,1,4,6H3/b10-8+,15-11-,18-13+,31-24+,32-26+. The van der Waals surface area contributed by atoms with E-state index in [1.54, 1.807) is 12.2 Å². The average molecular weight is 427 g/mol. The van der Waals surface area contributed by atoms with Gasteiger partial charge in [-0.1, -0.05) is 104 Å². The SMILES string of the molecule is C=C/C(C#C/C=C/C(C#Cc1cccc(C)c1)=C\C(=C)C#CC(=C)/C=C\C=C\C)=C\C(=C)C. The molecule has 0 aliphatic carbocycles. The molecule has 0 radical (unpaired) electrons. The lowest BCUT2D eigenvalue weighted by Crippen LogP contribution is -1.80. The predicted octanol–water partition coefficient (Wildman–Crippen LogP) is 7.77. The van der Waals surface area contributed by atoms with E-state index in [1.165, 1.54) is 0 Å². The van der Waals surface area contributed by atoms with Gasteiger partial charge >= 0.3 is 0 Å². The molecule has 162 valence electrons. The molecular weight excluding hydrogens is 396 g/mol. The Balaban J connectivity index is 3.21. The fourth-order valence-electron chi connectivity index (χ4n) is 2.37. The van der Waals surface area contributed by atoms with Crippen LogP contribution in [0.4, 0.5) is 0 Å². The second kappa shape index (κ2) is 15.4. The number of hydrogen-bond donors (Lipinski definition) is 0. The third kappa shape index (κ3) is 12.8. The van der Waals surface area contributed by atoms with Crippen molar-refractivity contribution in [2.75, 3.05) is 0 Å². The summed E-state index contributed by atoms with van der Waals surface area (Å²) in [6, 6.07) is 8.06. The second-order valence-corrected chi connectivity index (χ2v) is 7.16. The number of allylic oxidation sites excluding steroid dienone is 14. The first-order valence-corrected chi connectivity index (χ1v) is 10.5. The molecule has 0 saturated carbocycles. The zero-order valence-corrected chi connectivity index (χ0v) is 19.8. The number of benzene rings is 1. The molecule has 1 aromatic rings. The van der Waals surface area contributed by atoms with Crippen LogP contribution in [0.1, 0.15) is 25.0 Å². The molecule has 1 aromatic carbocycles. The normalized spacial score (nSPS) is 11.2. The van der Waals surface area contributed by atoms with Gasteiger partial charge < -0.3 is 0 Å². The lowest BCUT2D eigenvalue weighted by atomic mass is 10.1. The van der Waals surface area contributed by atoms with Gasteiger partial charge in [-0.15, -0.1) is 0 Å². The van der Waals surface area contributed by atoms with E-state index >= 15 is 0 Å². The summed E-state index contributed by atoms with van der Waals surface area (Å²) >= 11 is 0. The van der Waals surface area contributed by atoms with E-state index in [9.17, 15) is 0 Å². The Labute approximate surface area is 200 Å². The van der Waals surface area contributed by atoms with Crippen molar-refractivity contribution in [3.05, 3.63) is 144 Å². The summed E-state index contributed by atoms with van der Waals surface area (Å²) in [5.41, 5.74) is 5.93. The maximum Gasteiger partial charge on any atom is 0.0267 e. The number of hydrogen-bond acceptors (Lipinski definition) is 0. The largest absolute Gasteiger partial charge is 0.0978 e. The molecule has 0 N–H and O–H groups in total. The molecule has 0 unspecified atom stereocenters. The van der Waals surface area contributed by atoms with Gasteiger partial charge in [-0.05, 0) is 68.8 Å². The van der Waals surface area contributed by atoms with Gasteiger partial charge in [-0.25, -0.2) is 0 Å². The zero-order chi connectivity index (χ0) is 24.5. The second-order valence-electron chi connectivity index (χ2n) is 7.16. The predicted molar refractivity (Wildman–Crippen MR) is 146 cm³/mol. The fourth-order valence-corrected chi connectivity index (χ4v) is 2.37. The molecule has 0 spiro atoms. The molecule has 0 bridgehead atoms. The quantitative estimate of drug-likeness (QED) is 0.322. The van der Waals surface area contributed by atoms with Gasteiger partial charge in [0.15, 0.2) is 0 Å². The third-order valence-electron chi connectivity index (χ3n) is 3.87. The maximum absolute atomic E-state index is 4.04. The Morgan fingerprint density at radius 1 is 0.879 bits per heavy atom. The highest BCUT2D eigenvalue weighted by atomic mass is 13.9. The first kappa shape index (κ1) is 26.6. The van der Waals surface area contributed by atoms with Crippen LogP contribution in [0.25, 0.3) is 0 Å². The van der Waals surface area contributed by atoms with E-state index in [2.05, 4.69) is 61.8 Å². The summed E-state index contributed by atoms with van der Waals surface area (Å²) in [6.45, 7) is 21.5. The van der Waals surface area contributed by atoms with Gasteiger partial charge in [0.2, 0.25) is 0 Å². The molecule has 33 heavy (non-hydrogen) atoms. The van der Waals surface area contributed by atoms with Crippen molar-refractivity contribution in [3.8, 4) is 35.5 Å². The van der Waals surface area contributed by atoms with Crippen molar-refractivity contribution in [1.82, 2.24) is 0 Å². The Hall–Kier alpha value is -4.44. The van der Waals surface area contributed by atoms with E-state index in [1.807, 2.05) is 87.6 Å². The van der Waals surface area contributed by atoms with Crippen molar-refractivity contribution in [1.29, 1.82) is 0 Å². The first-order valence-electron chi connectivity index (χ1n) is 10.5. The van der Waals surface area contributed by atoms with Crippen LogP contribution in [-0.2, 0) is 0 Å².